The summed E-state index contributed by atoms with van der Waals surface area (Å²) < 4.78 is 5.17. The summed E-state index contributed by atoms with van der Waals surface area (Å²) in [6.45, 7) is 0. The summed E-state index contributed by atoms with van der Waals surface area (Å²) in [6, 6.07) is 0. The van der Waals surface area contributed by atoms with Gasteiger partial charge in [-0.1, -0.05) is 12.8 Å². The van der Waals surface area contributed by atoms with Gasteiger partial charge in [-0.05, 0) is 31.3 Å². The Labute approximate surface area is 72.6 Å². The van der Waals surface area contributed by atoms with E-state index in [1.54, 1.807) is 6.08 Å². The minimum absolute atomic E-state index is 0.128. The molecule has 12 heavy (non-hydrogen) atoms. The highest BCUT2D eigenvalue weighted by Gasteiger charge is 2.25. The molecule has 0 spiro atoms. The molecule has 2 heteroatoms. The first-order valence-corrected chi connectivity index (χ1v) is 4.77. The van der Waals surface area contributed by atoms with E-state index in [1.807, 2.05) is 0 Å². The third kappa shape index (κ3) is 1.52. The maximum atomic E-state index is 10.9. The number of hydrogen-bond acceptors (Lipinski definition) is 2. The lowest BCUT2D eigenvalue weighted by Crippen LogP contribution is -2.13. The Morgan fingerprint density at radius 2 is 2.08 bits per heavy atom. The van der Waals surface area contributed by atoms with E-state index in [0.717, 1.165) is 12.8 Å². The van der Waals surface area contributed by atoms with Crippen LogP contribution in [0.1, 0.15) is 38.5 Å². The lowest BCUT2D eigenvalue weighted by molar-refractivity contribution is -0.139. The van der Waals surface area contributed by atoms with Gasteiger partial charge in [0.25, 0.3) is 0 Å². The minimum atomic E-state index is -0.128. The molecule has 1 saturated carbocycles. The molecule has 1 aliphatic heterocycles. The van der Waals surface area contributed by atoms with Gasteiger partial charge in [-0.15, -0.1) is 0 Å². The van der Waals surface area contributed by atoms with Gasteiger partial charge < -0.3 is 4.74 Å². The summed E-state index contributed by atoms with van der Waals surface area (Å²) in [5, 5.41) is 0. The second-order valence-electron chi connectivity index (χ2n) is 3.60. The molecule has 2 nitrogen and oxygen atoms in total. The van der Waals surface area contributed by atoms with Crippen molar-refractivity contribution in [1.29, 1.82) is 0 Å². The standard InChI is InChI=1S/C10H14O2/c11-10-7-8-5-3-1-2-4-6-9(8)12-10/h7,9H,1-6H2. The maximum absolute atomic E-state index is 10.9. The molecule has 1 aliphatic carbocycles. The van der Waals surface area contributed by atoms with Crippen LogP contribution in [-0.2, 0) is 9.53 Å². The van der Waals surface area contributed by atoms with E-state index in [0.29, 0.717) is 0 Å². The summed E-state index contributed by atoms with van der Waals surface area (Å²) in [6.07, 6.45) is 8.95. The second kappa shape index (κ2) is 3.30. The van der Waals surface area contributed by atoms with E-state index in [1.165, 1.54) is 31.3 Å². The van der Waals surface area contributed by atoms with Gasteiger partial charge in [0.05, 0.1) is 0 Å². The lowest BCUT2D eigenvalue weighted by atomic mass is 9.95. The summed E-state index contributed by atoms with van der Waals surface area (Å²) >= 11 is 0. The van der Waals surface area contributed by atoms with Crippen LogP contribution in [0.2, 0.25) is 0 Å². The number of carbonyl (C=O) groups is 1. The number of hydrogen-bond donors (Lipinski definition) is 0. The fourth-order valence-corrected chi connectivity index (χ4v) is 1.98. The van der Waals surface area contributed by atoms with Crippen molar-refractivity contribution in [2.45, 2.75) is 44.6 Å². The van der Waals surface area contributed by atoms with Crippen molar-refractivity contribution >= 4 is 5.97 Å². The van der Waals surface area contributed by atoms with E-state index in [4.69, 9.17) is 4.74 Å². The summed E-state index contributed by atoms with van der Waals surface area (Å²) in [4.78, 5) is 10.9. The predicted octanol–water partition coefficient (Wildman–Crippen LogP) is 2.19. The fourth-order valence-electron chi connectivity index (χ4n) is 1.98. The number of rotatable bonds is 0. The quantitative estimate of drug-likeness (QED) is 0.516. The first-order valence-electron chi connectivity index (χ1n) is 4.77. The summed E-state index contributed by atoms with van der Waals surface area (Å²) in [5.41, 5.74) is 1.24. The number of carbonyl (C=O) groups excluding carboxylic acids is 1. The van der Waals surface area contributed by atoms with Crippen molar-refractivity contribution < 1.29 is 9.53 Å². The van der Waals surface area contributed by atoms with Crippen molar-refractivity contribution in [2.24, 2.45) is 0 Å². The highest BCUT2D eigenvalue weighted by Crippen LogP contribution is 2.28. The molecule has 0 saturated heterocycles. The number of fused-ring (bicyclic) bond motifs is 1. The van der Waals surface area contributed by atoms with Gasteiger partial charge in [0, 0.05) is 6.08 Å². The zero-order valence-corrected chi connectivity index (χ0v) is 7.21. The Morgan fingerprint density at radius 1 is 1.25 bits per heavy atom. The zero-order chi connectivity index (χ0) is 8.39. The van der Waals surface area contributed by atoms with Crippen LogP contribution in [-0.4, -0.2) is 12.1 Å². The van der Waals surface area contributed by atoms with Crippen LogP contribution in [0.25, 0.3) is 0 Å². The molecule has 0 aromatic rings. The van der Waals surface area contributed by atoms with Crippen LogP contribution in [0.15, 0.2) is 11.6 Å². The molecule has 0 aromatic carbocycles. The first-order chi connectivity index (χ1) is 5.86. The third-order valence-electron chi connectivity index (χ3n) is 2.66. The largest absolute Gasteiger partial charge is 0.455 e. The van der Waals surface area contributed by atoms with Crippen LogP contribution >= 0.6 is 0 Å². The average molecular weight is 166 g/mol. The molecule has 1 unspecified atom stereocenters. The Morgan fingerprint density at radius 3 is 3.00 bits per heavy atom. The summed E-state index contributed by atoms with van der Waals surface area (Å²) in [7, 11) is 0. The molecular weight excluding hydrogens is 152 g/mol. The van der Waals surface area contributed by atoms with Gasteiger partial charge in [-0.25, -0.2) is 4.79 Å². The predicted molar refractivity (Wildman–Crippen MR) is 45.7 cm³/mol. The number of esters is 1. The first kappa shape index (κ1) is 7.84. The highest BCUT2D eigenvalue weighted by molar-refractivity contribution is 5.85. The van der Waals surface area contributed by atoms with Crippen LogP contribution in [0.3, 0.4) is 0 Å². The van der Waals surface area contributed by atoms with Gasteiger partial charge in [-0.3, -0.25) is 0 Å². The van der Waals surface area contributed by atoms with Gasteiger partial charge in [0.2, 0.25) is 0 Å². The molecule has 1 fully saturated rings. The Balaban J connectivity index is 2.06. The lowest BCUT2D eigenvalue weighted by Gasteiger charge is -2.16. The Hall–Kier alpha value is -0.790. The van der Waals surface area contributed by atoms with Gasteiger partial charge in [0.15, 0.2) is 0 Å². The van der Waals surface area contributed by atoms with Crippen LogP contribution in [0.4, 0.5) is 0 Å². The van der Waals surface area contributed by atoms with E-state index in [9.17, 15) is 4.79 Å². The SMILES string of the molecule is O=C1C=C2CCCCCCC2O1. The molecule has 0 aromatic heterocycles. The molecule has 66 valence electrons. The van der Waals surface area contributed by atoms with Crippen molar-refractivity contribution in [3.05, 3.63) is 11.6 Å². The molecule has 2 aliphatic rings. The minimum Gasteiger partial charge on any atom is -0.455 e. The molecule has 0 N–H and O–H groups in total. The normalized spacial score (nSPS) is 29.8. The molecule has 0 radical (unpaired) electrons. The van der Waals surface area contributed by atoms with Crippen molar-refractivity contribution in [2.75, 3.05) is 0 Å². The fraction of sp³-hybridized carbons (Fsp3) is 0.700. The smallest absolute Gasteiger partial charge is 0.331 e. The molecule has 1 heterocycles. The third-order valence-corrected chi connectivity index (χ3v) is 2.66. The Bertz CT molecular complexity index is 218. The average Bonchev–Trinajstić information content (AvgIpc) is 2.32. The van der Waals surface area contributed by atoms with E-state index in [-0.39, 0.29) is 12.1 Å². The molecule has 1 atom stereocenters. The molecule has 0 amide bonds. The van der Waals surface area contributed by atoms with Crippen molar-refractivity contribution in [3.8, 4) is 0 Å². The van der Waals surface area contributed by atoms with Crippen LogP contribution < -0.4 is 0 Å². The molecule has 0 bridgehead atoms. The van der Waals surface area contributed by atoms with E-state index in [2.05, 4.69) is 0 Å². The van der Waals surface area contributed by atoms with E-state index >= 15 is 0 Å². The summed E-state index contributed by atoms with van der Waals surface area (Å²) in [5.74, 6) is -0.128. The topological polar surface area (TPSA) is 26.3 Å². The molecule has 2 rings (SSSR count). The van der Waals surface area contributed by atoms with Crippen molar-refractivity contribution in [1.82, 2.24) is 0 Å². The Kier molecular flexibility index (Phi) is 2.15. The van der Waals surface area contributed by atoms with Crippen LogP contribution in [0.5, 0.6) is 0 Å². The maximum Gasteiger partial charge on any atom is 0.331 e. The van der Waals surface area contributed by atoms with Gasteiger partial charge >= 0.3 is 5.97 Å². The monoisotopic (exact) mass is 166 g/mol. The van der Waals surface area contributed by atoms with E-state index < -0.39 is 0 Å². The van der Waals surface area contributed by atoms with Crippen LogP contribution in [0, 0.1) is 0 Å². The van der Waals surface area contributed by atoms with Crippen molar-refractivity contribution in [3.63, 3.8) is 0 Å². The van der Waals surface area contributed by atoms with Gasteiger partial charge in [-0.2, -0.15) is 0 Å². The number of ether oxygens (including phenoxy) is 1. The zero-order valence-electron chi connectivity index (χ0n) is 7.21. The molecular formula is C10H14O2. The van der Waals surface area contributed by atoms with Gasteiger partial charge in [0.1, 0.15) is 6.10 Å². The highest BCUT2D eigenvalue weighted by atomic mass is 16.5. The second-order valence-corrected chi connectivity index (χ2v) is 3.60.